The van der Waals surface area contributed by atoms with Crippen LogP contribution in [0.2, 0.25) is 0 Å². The molecule has 1 aliphatic heterocycles. The summed E-state index contributed by atoms with van der Waals surface area (Å²) < 4.78 is 2.03. The maximum Gasteiger partial charge on any atom is 0.237 e. The number of rotatable bonds is 6. The van der Waals surface area contributed by atoms with Gasteiger partial charge < -0.3 is 4.90 Å². The van der Waals surface area contributed by atoms with Gasteiger partial charge in [0.05, 0.1) is 25.3 Å². The lowest BCUT2D eigenvalue weighted by molar-refractivity contribution is -0.135. The quantitative estimate of drug-likeness (QED) is 0.816. The lowest BCUT2D eigenvalue weighted by Gasteiger charge is -2.39. The molecule has 1 aliphatic carbocycles. The molecule has 1 amide bonds. The predicted octanol–water partition coefficient (Wildman–Crippen LogP) is 2.30. The third-order valence-corrected chi connectivity index (χ3v) is 5.48. The van der Waals surface area contributed by atoms with Crippen molar-refractivity contribution >= 4 is 17.2 Å². The van der Waals surface area contributed by atoms with Crippen molar-refractivity contribution < 1.29 is 4.79 Å². The lowest BCUT2D eigenvalue weighted by Crippen LogP contribution is -2.52. The number of hydrogen-bond donors (Lipinski definition) is 0. The summed E-state index contributed by atoms with van der Waals surface area (Å²) in [4.78, 5) is 18.3. The first-order valence-corrected chi connectivity index (χ1v) is 9.12. The Morgan fingerprint density at radius 1 is 1.43 bits per heavy atom. The van der Waals surface area contributed by atoms with E-state index in [-0.39, 0.29) is 5.91 Å². The molecule has 1 saturated carbocycles. The van der Waals surface area contributed by atoms with Crippen molar-refractivity contribution in [3.8, 4) is 0 Å². The minimum Gasteiger partial charge on any atom is -0.333 e. The molecule has 23 heavy (non-hydrogen) atoms. The number of nitrogens with zero attached hydrogens (tertiary/aromatic N) is 4. The smallest absolute Gasteiger partial charge is 0.237 e. The van der Waals surface area contributed by atoms with E-state index < -0.39 is 0 Å². The van der Waals surface area contributed by atoms with Crippen molar-refractivity contribution in [1.82, 2.24) is 19.6 Å². The summed E-state index contributed by atoms with van der Waals surface area (Å²) in [6.45, 7) is 5.21. The fourth-order valence-corrected chi connectivity index (χ4v) is 3.83. The molecule has 0 atom stereocenters. The number of likely N-dealkylation sites (tertiary alicyclic amines) is 1. The molecule has 0 unspecified atom stereocenters. The van der Waals surface area contributed by atoms with Crippen LogP contribution in [0.5, 0.6) is 0 Å². The number of aromatic nitrogens is 2. The van der Waals surface area contributed by atoms with Gasteiger partial charge in [-0.3, -0.25) is 14.4 Å². The van der Waals surface area contributed by atoms with E-state index in [4.69, 9.17) is 0 Å². The number of thiophene rings is 1. The third kappa shape index (κ3) is 3.33. The van der Waals surface area contributed by atoms with Gasteiger partial charge in [-0.1, -0.05) is 6.07 Å². The molecule has 6 heteroatoms. The molecule has 0 bridgehead atoms. The van der Waals surface area contributed by atoms with Crippen molar-refractivity contribution in [2.24, 2.45) is 0 Å². The van der Waals surface area contributed by atoms with Crippen LogP contribution in [0.1, 0.15) is 29.3 Å². The molecular formula is C17H22N4OS. The predicted molar refractivity (Wildman–Crippen MR) is 90.3 cm³/mol. The van der Waals surface area contributed by atoms with Gasteiger partial charge in [0.2, 0.25) is 5.91 Å². The van der Waals surface area contributed by atoms with Gasteiger partial charge in [0.1, 0.15) is 0 Å². The van der Waals surface area contributed by atoms with Gasteiger partial charge in [0.15, 0.2) is 0 Å². The molecular weight excluding hydrogens is 308 g/mol. The lowest BCUT2D eigenvalue weighted by atomic mass is 10.1. The van der Waals surface area contributed by atoms with Crippen molar-refractivity contribution in [3.63, 3.8) is 0 Å². The van der Waals surface area contributed by atoms with Crippen LogP contribution in [-0.2, 0) is 11.3 Å². The Morgan fingerprint density at radius 3 is 2.87 bits per heavy atom. The Labute approximate surface area is 140 Å². The molecule has 0 radical (unpaired) electrons. The number of amides is 1. The zero-order valence-corrected chi connectivity index (χ0v) is 14.2. The van der Waals surface area contributed by atoms with Crippen LogP contribution in [0.4, 0.5) is 0 Å². The Morgan fingerprint density at radius 2 is 2.26 bits per heavy atom. The van der Waals surface area contributed by atoms with E-state index in [1.165, 1.54) is 10.4 Å². The zero-order valence-electron chi connectivity index (χ0n) is 13.4. The van der Waals surface area contributed by atoms with E-state index >= 15 is 0 Å². The number of hydrogen-bond acceptors (Lipinski definition) is 4. The third-order valence-electron chi connectivity index (χ3n) is 4.62. The van der Waals surface area contributed by atoms with Crippen molar-refractivity contribution in [1.29, 1.82) is 0 Å². The highest BCUT2D eigenvalue weighted by atomic mass is 32.1. The molecule has 2 aliphatic rings. The van der Waals surface area contributed by atoms with Crippen LogP contribution in [0.25, 0.3) is 0 Å². The normalized spacial score (nSPS) is 18.8. The minimum absolute atomic E-state index is 0.274. The summed E-state index contributed by atoms with van der Waals surface area (Å²) in [5, 5.41) is 6.45. The molecule has 2 aromatic heterocycles. The molecule has 3 heterocycles. The van der Waals surface area contributed by atoms with Gasteiger partial charge in [0.25, 0.3) is 0 Å². The van der Waals surface area contributed by atoms with Crippen LogP contribution >= 0.6 is 11.3 Å². The zero-order chi connectivity index (χ0) is 15.8. The van der Waals surface area contributed by atoms with E-state index in [2.05, 4.69) is 45.5 Å². The highest BCUT2D eigenvalue weighted by Crippen LogP contribution is 2.30. The maximum absolute atomic E-state index is 12.7. The van der Waals surface area contributed by atoms with Crippen molar-refractivity contribution in [2.45, 2.75) is 38.4 Å². The Kier molecular flexibility index (Phi) is 3.95. The van der Waals surface area contributed by atoms with Crippen molar-refractivity contribution in [2.75, 3.05) is 19.6 Å². The summed E-state index contributed by atoms with van der Waals surface area (Å²) in [6.07, 6.45) is 6.29. The maximum atomic E-state index is 12.7. The van der Waals surface area contributed by atoms with Gasteiger partial charge in [-0.15, -0.1) is 11.3 Å². The van der Waals surface area contributed by atoms with Crippen molar-refractivity contribution in [3.05, 3.63) is 40.3 Å². The summed E-state index contributed by atoms with van der Waals surface area (Å²) >= 11 is 1.73. The van der Waals surface area contributed by atoms with E-state index in [1.54, 1.807) is 11.3 Å². The highest BCUT2D eigenvalue weighted by Gasteiger charge is 2.36. The molecule has 0 spiro atoms. The van der Waals surface area contributed by atoms with E-state index in [0.717, 1.165) is 32.5 Å². The molecule has 2 aromatic rings. The van der Waals surface area contributed by atoms with Gasteiger partial charge in [0, 0.05) is 30.2 Å². The summed E-state index contributed by atoms with van der Waals surface area (Å²) in [7, 11) is 0. The summed E-state index contributed by atoms with van der Waals surface area (Å²) in [6, 6.07) is 5.06. The molecule has 0 N–H and O–H groups in total. The average Bonchev–Trinajstić information content (AvgIpc) is 3.02. The van der Waals surface area contributed by atoms with E-state index in [0.29, 0.717) is 18.6 Å². The average molecular weight is 330 g/mol. The van der Waals surface area contributed by atoms with Crippen LogP contribution in [0, 0.1) is 6.92 Å². The molecule has 122 valence electrons. The minimum atomic E-state index is 0.274. The van der Waals surface area contributed by atoms with E-state index in [1.807, 2.05) is 10.9 Å². The number of carbonyl (C=O) groups excluding carboxylic acids is 1. The second-order valence-corrected chi connectivity index (χ2v) is 7.71. The van der Waals surface area contributed by atoms with Gasteiger partial charge >= 0.3 is 0 Å². The van der Waals surface area contributed by atoms with Gasteiger partial charge in [-0.2, -0.15) is 5.10 Å². The fraction of sp³-hybridized carbons (Fsp3) is 0.529. The number of aryl methyl sites for hydroxylation is 1. The monoisotopic (exact) mass is 330 g/mol. The SMILES string of the molecule is Cc1cnn(C2CN(CC(=O)N(Cc3cccs3)C3CC3)C2)c1. The molecule has 2 fully saturated rings. The molecule has 4 rings (SSSR count). The number of carbonyl (C=O) groups is 1. The largest absolute Gasteiger partial charge is 0.333 e. The van der Waals surface area contributed by atoms with Crippen LogP contribution < -0.4 is 0 Å². The van der Waals surface area contributed by atoms with Crippen LogP contribution in [0.15, 0.2) is 29.9 Å². The molecule has 1 saturated heterocycles. The molecule has 5 nitrogen and oxygen atoms in total. The highest BCUT2D eigenvalue weighted by molar-refractivity contribution is 7.09. The van der Waals surface area contributed by atoms with Gasteiger partial charge in [-0.05, 0) is 36.8 Å². The van der Waals surface area contributed by atoms with Crippen LogP contribution in [-0.4, -0.2) is 51.2 Å². The summed E-state index contributed by atoms with van der Waals surface area (Å²) in [5.74, 6) is 0.274. The second kappa shape index (κ2) is 6.09. The van der Waals surface area contributed by atoms with E-state index in [9.17, 15) is 4.79 Å². The standard InChI is InChI=1S/C17H22N4OS/c1-13-7-18-21(8-13)15-9-19(10-15)12-17(22)20(14-4-5-14)11-16-3-2-6-23-16/h2-3,6-8,14-15H,4-5,9-12H2,1H3. The Hall–Kier alpha value is -1.66. The van der Waals surface area contributed by atoms with Gasteiger partial charge in [-0.25, -0.2) is 0 Å². The summed E-state index contributed by atoms with van der Waals surface area (Å²) in [5.41, 5.74) is 1.19. The Balaban J connectivity index is 1.31. The first kappa shape index (κ1) is 14.9. The first-order valence-electron chi connectivity index (χ1n) is 8.24. The molecule has 0 aromatic carbocycles. The second-order valence-electron chi connectivity index (χ2n) is 6.68. The first-order chi connectivity index (χ1) is 11.2. The fourth-order valence-electron chi connectivity index (χ4n) is 3.13. The Bertz CT molecular complexity index is 671. The topological polar surface area (TPSA) is 41.4 Å². The van der Waals surface area contributed by atoms with Crippen LogP contribution in [0.3, 0.4) is 0 Å².